The molecule has 0 aliphatic rings. The summed E-state index contributed by atoms with van der Waals surface area (Å²) >= 11 is 1.57. The van der Waals surface area contributed by atoms with Crippen LogP contribution in [0.2, 0.25) is 0 Å². The fraction of sp³-hybridized carbons (Fsp3) is 0.250. The molecular formula is C8H12O2S. The molecule has 0 bridgehead atoms. The van der Waals surface area contributed by atoms with E-state index in [-0.39, 0.29) is 0 Å². The molecule has 0 N–H and O–H groups in total. The van der Waals surface area contributed by atoms with Crippen molar-refractivity contribution in [2.45, 2.75) is 0 Å². The van der Waals surface area contributed by atoms with Gasteiger partial charge < -0.3 is 9.47 Å². The summed E-state index contributed by atoms with van der Waals surface area (Å²) < 4.78 is 9.92. The molecule has 0 saturated carbocycles. The van der Waals surface area contributed by atoms with Gasteiger partial charge in [0.1, 0.15) is 0 Å². The van der Waals surface area contributed by atoms with Crippen molar-refractivity contribution < 1.29 is 9.47 Å². The van der Waals surface area contributed by atoms with Crippen molar-refractivity contribution in [2.24, 2.45) is 0 Å². The van der Waals surface area contributed by atoms with Crippen LogP contribution in [-0.2, 0) is 0 Å². The first-order chi connectivity index (χ1) is 5.38. The molecule has 0 amide bonds. The molecule has 0 saturated heterocycles. The zero-order valence-electron chi connectivity index (χ0n) is 6.79. The summed E-state index contributed by atoms with van der Waals surface area (Å²) in [4.78, 5) is 0. The second kappa shape index (κ2) is 5.80. The van der Waals surface area contributed by atoms with Crippen molar-refractivity contribution in [1.82, 2.24) is 0 Å². The largest absolute Gasteiger partial charge is 0.492 e. The molecule has 0 spiro atoms. The van der Waals surface area contributed by atoms with Gasteiger partial charge in [0.05, 0.1) is 14.2 Å². The van der Waals surface area contributed by atoms with Crippen LogP contribution < -0.4 is 9.47 Å². The van der Waals surface area contributed by atoms with Crippen molar-refractivity contribution in [3.8, 4) is 11.5 Å². The van der Waals surface area contributed by atoms with E-state index in [9.17, 15) is 0 Å². The minimum atomic E-state index is 0.808. The highest BCUT2D eigenvalue weighted by Crippen LogP contribution is 2.30. The Morgan fingerprint density at radius 2 is 1.45 bits per heavy atom. The Hall–Kier alpha value is -0.960. The van der Waals surface area contributed by atoms with Gasteiger partial charge in [-0.05, 0) is 0 Å². The first-order valence-corrected chi connectivity index (χ1v) is 3.97. The monoisotopic (exact) mass is 172 g/mol. The van der Waals surface area contributed by atoms with Gasteiger partial charge >= 0.3 is 0 Å². The van der Waals surface area contributed by atoms with Crippen molar-refractivity contribution in [3.05, 3.63) is 23.9 Å². The second-order valence-electron chi connectivity index (χ2n) is 1.51. The fourth-order valence-electron chi connectivity index (χ4n) is 0.571. The molecule has 3 heteroatoms. The van der Waals surface area contributed by atoms with Gasteiger partial charge in [0.2, 0.25) is 0 Å². The minimum absolute atomic E-state index is 0.808. The molecule has 0 unspecified atom stereocenters. The van der Waals surface area contributed by atoms with Crippen LogP contribution in [0.4, 0.5) is 0 Å². The molecule has 11 heavy (non-hydrogen) atoms. The second-order valence-corrected chi connectivity index (χ2v) is 2.25. The average Bonchev–Trinajstić information content (AvgIpc) is 2.54. The standard InChI is InChI=1S/C6H8O2S.C2H4/c1-7-5-3-9-4-6(5)8-2;1-2/h3-4H,1-2H3;1-2H2. The Labute approximate surface area is 71.1 Å². The van der Waals surface area contributed by atoms with Crippen LogP contribution in [0.5, 0.6) is 11.5 Å². The minimum Gasteiger partial charge on any atom is -0.492 e. The van der Waals surface area contributed by atoms with Crippen molar-refractivity contribution >= 4 is 11.3 Å². The summed E-state index contributed by atoms with van der Waals surface area (Å²) in [5.74, 6) is 1.62. The lowest BCUT2D eigenvalue weighted by Gasteiger charge is -1.98. The summed E-state index contributed by atoms with van der Waals surface area (Å²) in [7, 11) is 3.26. The van der Waals surface area contributed by atoms with Crippen LogP contribution in [0, 0.1) is 0 Å². The van der Waals surface area contributed by atoms with E-state index < -0.39 is 0 Å². The molecule has 0 aliphatic carbocycles. The zero-order valence-corrected chi connectivity index (χ0v) is 7.61. The smallest absolute Gasteiger partial charge is 0.171 e. The highest BCUT2D eigenvalue weighted by Gasteiger charge is 2.00. The van der Waals surface area contributed by atoms with E-state index in [4.69, 9.17) is 9.47 Å². The quantitative estimate of drug-likeness (QED) is 0.638. The number of methoxy groups -OCH3 is 2. The number of hydrogen-bond donors (Lipinski definition) is 0. The lowest BCUT2D eigenvalue weighted by molar-refractivity contribution is 0.358. The molecule has 1 rings (SSSR count). The molecule has 2 nitrogen and oxygen atoms in total. The van der Waals surface area contributed by atoms with Crippen molar-refractivity contribution in [1.29, 1.82) is 0 Å². The van der Waals surface area contributed by atoms with E-state index in [1.807, 2.05) is 10.8 Å². The number of thiophene rings is 1. The lowest BCUT2D eigenvalue weighted by atomic mass is 10.5. The van der Waals surface area contributed by atoms with E-state index in [1.54, 1.807) is 25.6 Å². The third-order valence-electron chi connectivity index (χ3n) is 1.03. The van der Waals surface area contributed by atoms with E-state index in [2.05, 4.69) is 13.2 Å². The van der Waals surface area contributed by atoms with Crippen LogP contribution in [0.3, 0.4) is 0 Å². The maximum absolute atomic E-state index is 4.96. The maximum Gasteiger partial charge on any atom is 0.171 e. The van der Waals surface area contributed by atoms with Crippen LogP contribution in [0.1, 0.15) is 0 Å². The van der Waals surface area contributed by atoms with Crippen molar-refractivity contribution in [2.75, 3.05) is 14.2 Å². The van der Waals surface area contributed by atoms with Gasteiger partial charge in [0.15, 0.2) is 11.5 Å². The molecular weight excluding hydrogens is 160 g/mol. The molecule has 0 fully saturated rings. The van der Waals surface area contributed by atoms with Gasteiger partial charge in [-0.15, -0.1) is 24.5 Å². The molecule has 1 heterocycles. The predicted octanol–water partition coefficient (Wildman–Crippen LogP) is 2.57. The molecule has 1 aromatic heterocycles. The molecule has 0 radical (unpaired) electrons. The summed E-state index contributed by atoms with van der Waals surface area (Å²) in [6, 6.07) is 0. The lowest BCUT2D eigenvalue weighted by Crippen LogP contribution is -1.84. The Morgan fingerprint density at radius 3 is 1.73 bits per heavy atom. The van der Waals surface area contributed by atoms with Crippen LogP contribution >= 0.6 is 11.3 Å². The van der Waals surface area contributed by atoms with Crippen LogP contribution in [0.15, 0.2) is 23.9 Å². The van der Waals surface area contributed by atoms with E-state index >= 15 is 0 Å². The molecule has 62 valence electrons. The summed E-state index contributed by atoms with van der Waals surface area (Å²) in [5, 5.41) is 3.80. The number of rotatable bonds is 2. The zero-order chi connectivity index (χ0) is 8.69. The van der Waals surface area contributed by atoms with Gasteiger partial charge in [-0.1, -0.05) is 0 Å². The maximum atomic E-state index is 4.96. The van der Waals surface area contributed by atoms with E-state index in [1.165, 1.54) is 0 Å². The van der Waals surface area contributed by atoms with Gasteiger partial charge in [-0.2, -0.15) is 0 Å². The number of hydrogen-bond acceptors (Lipinski definition) is 3. The normalized spacial score (nSPS) is 7.82. The van der Waals surface area contributed by atoms with Crippen LogP contribution in [-0.4, -0.2) is 14.2 Å². The Morgan fingerprint density at radius 1 is 1.09 bits per heavy atom. The summed E-state index contributed by atoms with van der Waals surface area (Å²) in [6.07, 6.45) is 0. The Kier molecular flexibility index (Phi) is 5.29. The molecule has 0 aromatic carbocycles. The fourth-order valence-corrected chi connectivity index (χ4v) is 1.31. The Bertz CT molecular complexity index is 177. The summed E-state index contributed by atoms with van der Waals surface area (Å²) in [6.45, 7) is 6.00. The number of ether oxygens (including phenoxy) is 2. The third kappa shape index (κ3) is 2.63. The Balaban J connectivity index is 0.000000461. The average molecular weight is 172 g/mol. The van der Waals surface area contributed by atoms with Crippen LogP contribution in [0.25, 0.3) is 0 Å². The predicted molar refractivity (Wildman–Crippen MR) is 48.7 cm³/mol. The van der Waals surface area contributed by atoms with E-state index in [0.717, 1.165) is 11.5 Å². The first kappa shape index (κ1) is 10.0. The van der Waals surface area contributed by atoms with Gasteiger partial charge in [0.25, 0.3) is 0 Å². The van der Waals surface area contributed by atoms with Gasteiger partial charge in [-0.25, -0.2) is 0 Å². The van der Waals surface area contributed by atoms with E-state index in [0.29, 0.717) is 0 Å². The van der Waals surface area contributed by atoms with Gasteiger partial charge in [-0.3, -0.25) is 0 Å². The highest BCUT2D eigenvalue weighted by atomic mass is 32.1. The summed E-state index contributed by atoms with van der Waals surface area (Å²) in [5.41, 5.74) is 0. The topological polar surface area (TPSA) is 18.5 Å². The molecule has 0 aliphatic heterocycles. The first-order valence-electron chi connectivity index (χ1n) is 3.02. The molecule has 0 atom stereocenters. The molecule has 1 aromatic rings. The highest BCUT2D eigenvalue weighted by molar-refractivity contribution is 7.08. The SMILES string of the molecule is C=C.COc1cscc1OC. The van der Waals surface area contributed by atoms with Gasteiger partial charge in [0, 0.05) is 10.8 Å². The van der Waals surface area contributed by atoms with Crippen molar-refractivity contribution in [3.63, 3.8) is 0 Å². The third-order valence-corrected chi connectivity index (χ3v) is 1.73.